The molecule has 0 spiro atoms. The van der Waals surface area contributed by atoms with E-state index < -0.39 is 28.8 Å². The SMILES string of the molecule is Cc1ccc2nc([C@@H](C)NC(=O)c3cn(C(C)C)cc(C(=O)NC(C)(C)C)c3=O)[nH]c2c1. The summed E-state index contributed by atoms with van der Waals surface area (Å²) in [6.45, 7) is 13.1. The van der Waals surface area contributed by atoms with Crippen molar-refractivity contribution >= 4 is 22.8 Å². The first-order valence-electron chi connectivity index (χ1n) is 10.7. The normalized spacial score (nSPS) is 12.8. The highest BCUT2D eigenvalue weighted by Crippen LogP contribution is 2.18. The summed E-state index contributed by atoms with van der Waals surface area (Å²) in [6.07, 6.45) is 2.99. The number of aryl methyl sites for hydroxylation is 1. The molecule has 3 rings (SSSR count). The largest absolute Gasteiger partial charge is 0.350 e. The first-order valence-corrected chi connectivity index (χ1v) is 10.7. The van der Waals surface area contributed by atoms with Crippen LogP contribution in [-0.2, 0) is 0 Å². The molecule has 8 nitrogen and oxygen atoms in total. The molecule has 2 heterocycles. The average Bonchev–Trinajstić information content (AvgIpc) is 3.09. The van der Waals surface area contributed by atoms with Crippen LogP contribution in [0, 0.1) is 6.92 Å². The fourth-order valence-corrected chi connectivity index (χ4v) is 3.32. The number of carbonyl (C=O) groups is 2. The summed E-state index contributed by atoms with van der Waals surface area (Å²) in [6, 6.07) is 5.36. The van der Waals surface area contributed by atoms with Crippen LogP contribution in [0.2, 0.25) is 0 Å². The zero-order valence-corrected chi connectivity index (χ0v) is 19.7. The fourth-order valence-electron chi connectivity index (χ4n) is 3.32. The predicted octanol–water partition coefficient (Wildman–Crippen LogP) is 3.63. The molecule has 0 aliphatic heterocycles. The number of benzene rings is 1. The van der Waals surface area contributed by atoms with Crippen LogP contribution in [0.1, 0.15) is 85.7 Å². The molecule has 0 saturated carbocycles. The molecule has 0 bridgehead atoms. The van der Waals surface area contributed by atoms with E-state index in [-0.39, 0.29) is 17.2 Å². The first-order chi connectivity index (χ1) is 14.9. The van der Waals surface area contributed by atoms with Crippen LogP contribution in [0.3, 0.4) is 0 Å². The van der Waals surface area contributed by atoms with Gasteiger partial charge in [-0.05, 0) is 66.2 Å². The minimum atomic E-state index is -0.603. The molecule has 1 atom stereocenters. The minimum absolute atomic E-state index is 0.0422. The number of aromatic amines is 1. The summed E-state index contributed by atoms with van der Waals surface area (Å²) in [7, 11) is 0. The van der Waals surface area contributed by atoms with Crippen LogP contribution in [-0.4, -0.2) is 31.9 Å². The van der Waals surface area contributed by atoms with Gasteiger partial charge in [-0.1, -0.05) is 6.07 Å². The molecule has 0 saturated heterocycles. The van der Waals surface area contributed by atoms with Gasteiger partial charge in [-0.25, -0.2) is 4.98 Å². The molecule has 3 aromatic rings. The van der Waals surface area contributed by atoms with Crippen molar-refractivity contribution in [2.75, 3.05) is 0 Å². The van der Waals surface area contributed by atoms with E-state index in [1.54, 1.807) is 11.5 Å². The molecule has 0 aliphatic carbocycles. The molecule has 3 N–H and O–H groups in total. The van der Waals surface area contributed by atoms with Gasteiger partial charge in [0.1, 0.15) is 17.0 Å². The topological polar surface area (TPSA) is 109 Å². The van der Waals surface area contributed by atoms with Crippen LogP contribution in [0.15, 0.2) is 35.4 Å². The van der Waals surface area contributed by atoms with Gasteiger partial charge in [0, 0.05) is 24.0 Å². The van der Waals surface area contributed by atoms with Crippen LogP contribution >= 0.6 is 0 Å². The van der Waals surface area contributed by atoms with E-state index in [2.05, 4.69) is 20.6 Å². The second-order valence-electron chi connectivity index (χ2n) is 9.50. The highest BCUT2D eigenvalue weighted by Gasteiger charge is 2.24. The zero-order chi connectivity index (χ0) is 23.8. The van der Waals surface area contributed by atoms with Crippen molar-refractivity contribution in [3.8, 4) is 0 Å². The molecule has 0 radical (unpaired) electrons. The maximum atomic E-state index is 13.1. The Morgan fingerprint density at radius 2 is 1.69 bits per heavy atom. The van der Waals surface area contributed by atoms with E-state index in [1.165, 1.54) is 12.4 Å². The Morgan fingerprint density at radius 3 is 2.28 bits per heavy atom. The highest BCUT2D eigenvalue weighted by atomic mass is 16.2. The van der Waals surface area contributed by atoms with Crippen molar-refractivity contribution in [1.82, 2.24) is 25.2 Å². The number of nitrogens with one attached hydrogen (secondary N) is 3. The molecule has 2 aromatic heterocycles. The number of hydrogen-bond acceptors (Lipinski definition) is 4. The lowest BCUT2D eigenvalue weighted by Gasteiger charge is -2.21. The third kappa shape index (κ3) is 5.07. The van der Waals surface area contributed by atoms with Gasteiger partial charge in [0.25, 0.3) is 11.8 Å². The lowest BCUT2D eigenvalue weighted by Crippen LogP contribution is -2.43. The number of rotatable bonds is 5. The standard InChI is InChI=1S/C24H31N5O3/c1-13(2)29-11-16(20(30)17(12-29)23(32)28-24(5,6)7)22(31)25-15(4)21-26-18-9-8-14(3)10-19(18)27-21/h8-13,15H,1-7H3,(H,25,31)(H,26,27)(H,28,32)/t15-/m1/s1. The molecule has 0 unspecified atom stereocenters. The number of carbonyl (C=O) groups excluding carboxylic acids is 2. The highest BCUT2D eigenvalue weighted by molar-refractivity contribution is 5.99. The number of hydrogen-bond donors (Lipinski definition) is 3. The number of nitrogens with zero attached hydrogens (tertiary/aromatic N) is 2. The molecular weight excluding hydrogens is 406 g/mol. The van der Waals surface area contributed by atoms with Gasteiger partial charge in [0.15, 0.2) is 0 Å². The van der Waals surface area contributed by atoms with Crippen molar-refractivity contribution < 1.29 is 9.59 Å². The van der Waals surface area contributed by atoms with Crippen LogP contribution in [0.5, 0.6) is 0 Å². The summed E-state index contributed by atoms with van der Waals surface area (Å²) in [5.74, 6) is -0.476. The maximum absolute atomic E-state index is 13.1. The summed E-state index contributed by atoms with van der Waals surface area (Å²) in [5, 5.41) is 5.63. The molecule has 32 heavy (non-hydrogen) atoms. The number of aromatic nitrogens is 3. The maximum Gasteiger partial charge on any atom is 0.257 e. The Balaban J connectivity index is 1.93. The number of imidazole rings is 1. The summed E-state index contributed by atoms with van der Waals surface area (Å²) in [5.41, 5.74) is 1.52. The Kier molecular flexibility index (Phi) is 6.25. The van der Waals surface area contributed by atoms with Gasteiger partial charge in [-0.15, -0.1) is 0 Å². The Labute approximate surface area is 187 Å². The van der Waals surface area contributed by atoms with Gasteiger partial charge in [0.2, 0.25) is 5.43 Å². The van der Waals surface area contributed by atoms with E-state index in [0.717, 1.165) is 16.6 Å². The molecule has 8 heteroatoms. The Bertz CT molecular complexity index is 1230. The van der Waals surface area contributed by atoms with E-state index in [1.807, 2.05) is 59.7 Å². The number of amides is 2. The van der Waals surface area contributed by atoms with Gasteiger partial charge >= 0.3 is 0 Å². The molecular formula is C24H31N5O3. The second kappa shape index (κ2) is 8.61. The monoisotopic (exact) mass is 437 g/mol. The van der Waals surface area contributed by atoms with E-state index in [9.17, 15) is 14.4 Å². The van der Waals surface area contributed by atoms with Gasteiger partial charge in [0.05, 0.1) is 17.1 Å². The zero-order valence-electron chi connectivity index (χ0n) is 19.7. The smallest absolute Gasteiger partial charge is 0.257 e. The average molecular weight is 438 g/mol. The fraction of sp³-hybridized carbons (Fsp3) is 0.417. The van der Waals surface area contributed by atoms with Crippen molar-refractivity contribution in [2.24, 2.45) is 0 Å². The van der Waals surface area contributed by atoms with Gasteiger partial charge in [-0.2, -0.15) is 0 Å². The Hall–Kier alpha value is -3.42. The molecule has 1 aromatic carbocycles. The third-order valence-electron chi connectivity index (χ3n) is 5.03. The third-order valence-corrected chi connectivity index (χ3v) is 5.03. The van der Waals surface area contributed by atoms with Gasteiger partial charge in [-0.3, -0.25) is 14.4 Å². The summed E-state index contributed by atoms with van der Waals surface area (Å²) in [4.78, 5) is 46.6. The second-order valence-corrected chi connectivity index (χ2v) is 9.50. The van der Waals surface area contributed by atoms with Crippen LogP contribution < -0.4 is 16.1 Å². The quantitative estimate of drug-likeness (QED) is 0.566. The molecule has 170 valence electrons. The lowest BCUT2D eigenvalue weighted by molar-refractivity contribution is 0.0917. The van der Waals surface area contributed by atoms with Crippen LogP contribution in [0.4, 0.5) is 0 Å². The molecule has 2 amide bonds. The minimum Gasteiger partial charge on any atom is -0.350 e. The lowest BCUT2D eigenvalue weighted by atomic mass is 10.1. The van der Waals surface area contributed by atoms with Crippen LogP contribution in [0.25, 0.3) is 11.0 Å². The molecule has 0 aliphatic rings. The predicted molar refractivity (Wildman–Crippen MR) is 125 cm³/mol. The number of fused-ring (bicyclic) bond motifs is 1. The van der Waals surface area contributed by atoms with Crippen molar-refractivity contribution in [3.05, 3.63) is 63.3 Å². The summed E-state index contributed by atoms with van der Waals surface area (Å²) < 4.78 is 1.70. The van der Waals surface area contributed by atoms with E-state index >= 15 is 0 Å². The van der Waals surface area contributed by atoms with E-state index in [0.29, 0.717) is 5.82 Å². The summed E-state index contributed by atoms with van der Waals surface area (Å²) >= 11 is 0. The first kappa shape index (κ1) is 23.2. The number of H-pyrrole nitrogens is 1. The van der Waals surface area contributed by atoms with E-state index in [4.69, 9.17) is 0 Å². The molecule has 0 fully saturated rings. The van der Waals surface area contributed by atoms with Crippen molar-refractivity contribution in [3.63, 3.8) is 0 Å². The Morgan fingerprint density at radius 1 is 1.06 bits per heavy atom. The number of pyridine rings is 1. The van der Waals surface area contributed by atoms with Crippen molar-refractivity contribution in [2.45, 2.75) is 66.1 Å². The van der Waals surface area contributed by atoms with Crippen molar-refractivity contribution in [1.29, 1.82) is 0 Å². The van der Waals surface area contributed by atoms with Gasteiger partial charge < -0.3 is 20.2 Å².